The van der Waals surface area contributed by atoms with Gasteiger partial charge in [0.1, 0.15) is 10.8 Å². The number of nitrogens with zero attached hydrogens (tertiary/aromatic N) is 3. The van der Waals surface area contributed by atoms with E-state index in [0.29, 0.717) is 28.5 Å². The summed E-state index contributed by atoms with van der Waals surface area (Å²) >= 11 is 1.42. The quantitative estimate of drug-likeness (QED) is 0.690. The summed E-state index contributed by atoms with van der Waals surface area (Å²) in [4.78, 5) is 5.07. The molecule has 9 heteroatoms. The third kappa shape index (κ3) is 3.28. The summed E-state index contributed by atoms with van der Waals surface area (Å²) in [5, 5.41) is 5.43. The van der Waals surface area contributed by atoms with Crippen molar-refractivity contribution in [1.82, 2.24) is 14.6 Å². The second-order valence-corrected chi connectivity index (χ2v) is 8.88. The molecule has 0 atom stereocenters. The van der Waals surface area contributed by atoms with Gasteiger partial charge in [-0.15, -0.1) is 0 Å². The van der Waals surface area contributed by atoms with Crippen molar-refractivity contribution in [3.8, 4) is 5.75 Å². The zero-order chi connectivity index (χ0) is 19.1. The smallest absolute Gasteiger partial charge is 0.281 e. The molecule has 0 aliphatic carbocycles. The highest BCUT2D eigenvalue weighted by Crippen LogP contribution is 2.29. The maximum atomic E-state index is 13.1. The van der Waals surface area contributed by atoms with E-state index in [1.807, 2.05) is 27.7 Å². The van der Waals surface area contributed by atoms with Gasteiger partial charge in [0, 0.05) is 5.92 Å². The van der Waals surface area contributed by atoms with E-state index < -0.39 is 10.0 Å². The molecule has 0 unspecified atom stereocenters. The van der Waals surface area contributed by atoms with Crippen LogP contribution >= 0.6 is 11.3 Å². The van der Waals surface area contributed by atoms with E-state index in [2.05, 4.69) is 14.8 Å². The summed E-state index contributed by atoms with van der Waals surface area (Å²) in [5.41, 5.74) is 1.78. The average molecular weight is 395 g/mol. The van der Waals surface area contributed by atoms with Gasteiger partial charge in [-0.3, -0.25) is 4.72 Å². The van der Waals surface area contributed by atoms with Crippen LogP contribution < -0.4 is 9.46 Å². The lowest BCUT2D eigenvalue weighted by atomic mass is 10.2. The van der Waals surface area contributed by atoms with Crippen LogP contribution in [0.1, 0.15) is 43.0 Å². The fourth-order valence-corrected chi connectivity index (χ4v) is 5.04. The van der Waals surface area contributed by atoms with Gasteiger partial charge in [0.25, 0.3) is 10.0 Å². The SMILES string of the molecule is CCc1nc2sc(C(C)C)nn2c1S(=O)(=O)Nc1ccc(OC)cc1C. The summed E-state index contributed by atoms with van der Waals surface area (Å²) in [6.45, 7) is 7.75. The van der Waals surface area contributed by atoms with Gasteiger partial charge >= 0.3 is 0 Å². The average Bonchev–Trinajstić information content (AvgIpc) is 3.13. The van der Waals surface area contributed by atoms with Crippen molar-refractivity contribution >= 4 is 32.0 Å². The Labute approximate surface area is 157 Å². The summed E-state index contributed by atoms with van der Waals surface area (Å²) in [6, 6.07) is 5.19. The normalized spacial score (nSPS) is 12.1. The number of nitrogens with one attached hydrogen (secondary N) is 1. The fraction of sp³-hybridized carbons (Fsp3) is 0.412. The number of methoxy groups -OCH3 is 1. The maximum Gasteiger partial charge on any atom is 0.281 e. The lowest BCUT2D eigenvalue weighted by Gasteiger charge is -2.11. The molecule has 0 amide bonds. The molecule has 0 bridgehead atoms. The second-order valence-electron chi connectivity index (χ2n) is 6.29. The van der Waals surface area contributed by atoms with E-state index in [9.17, 15) is 8.42 Å². The standard InChI is InChI=1S/C17H22N4O3S2/c1-6-13-16(21-17(18-13)25-15(19-21)10(2)3)26(22,23)20-14-8-7-12(24-5)9-11(14)4/h7-10,20H,6H2,1-5H3. The number of sulfonamides is 1. The van der Waals surface area contributed by atoms with Crippen LogP contribution in [0, 0.1) is 6.92 Å². The van der Waals surface area contributed by atoms with E-state index >= 15 is 0 Å². The predicted octanol–water partition coefficient (Wildman–Crippen LogP) is 3.59. The first-order valence-corrected chi connectivity index (χ1v) is 10.6. The van der Waals surface area contributed by atoms with Gasteiger partial charge in [-0.25, -0.2) is 4.98 Å². The molecule has 7 nitrogen and oxygen atoms in total. The highest BCUT2D eigenvalue weighted by atomic mass is 32.2. The number of aryl methyl sites for hydroxylation is 2. The van der Waals surface area contributed by atoms with Crippen LogP contribution in [-0.4, -0.2) is 30.1 Å². The lowest BCUT2D eigenvalue weighted by molar-refractivity contribution is 0.414. The second kappa shape index (κ2) is 6.88. The molecule has 2 aromatic heterocycles. The number of imidazole rings is 1. The number of fused-ring (bicyclic) bond motifs is 1. The molecule has 0 aliphatic rings. The highest BCUT2D eigenvalue weighted by Gasteiger charge is 2.28. The van der Waals surface area contributed by atoms with Crippen LogP contribution in [0.5, 0.6) is 5.75 Å². The maximum absolute atomic E-state index is 13.1. The number of aromatic nitrogens is 3. The van der Waals surface area contributed by atoms with Gasteiger partial charge in [-0.05, 0) is 37.1 Å². The predicted molar refractivity (Wildman–Crippen MR) is 103 cm³/mol. The fourth-order valence-electron chi connectivity index (χ4n) is 2.59. The van der Waals surface area contributed by atoms with E-state index in [4.69, 9.17) is 4.74 Å². The van der Waals surface area contributed by atoms with Crippen LogP contribution in [0.3, 0.4) is 0 Å². The van der Waals surface area contributed by atoms with Crippen LogP contribution in [0.25, 0.3) is 4.96 Å². The van der Waals surface area contributed by atoms with E-state index in [1.165, 1.54) is 15.9 Å². The minimum Gasteiger partial charge on any atom is -0.497 e. The summed E-state index contributed by atoms with van der Waals surface area (Å²) in [7, 11) is -2.27. The highest BCUT2D eigenvalue weighted by molar-refractivity contribution is 7.92. The summed E-state index contributed by atoms with van der Waals surface area (Å²) < 4.78 is 35.5. The first-order chi connectivity index (χ1) is 12.3. The van der Waals surface area contributed by atoms with E-state index in [0.717, 1.165) is 10.6 Å². The Morgan fingerprint density at radius 1 is 1.35 bits per heavy atom. The monoisotopic (exact) mass is 394 g/mol. The van der Waals surface area contributed by atoms with Crippen molar-refractivity contribution in [2.24, 2.45) is 0 Å². The van der Waals surface area contributed by atoms with Crippen molar-refractivity contribution in [2.75, 3.05) is 11.8 Å². The molecule has 2 heterocycles. The van der Waals surface area contributed by atoms with Gasteiger partial charge < -0.3 is 4.74 Å². The van der Waals surface area contributed by atoms with Crippen molar-refractivity contribution in [2.45, 2.75) is 45.1 Å². The molecule has 26 heavy (non-hydrogen) atoms. The third-order valence-corrected chi connectivity index (χ3v) is 6.62. The Morgan fingerprint density at radius 2 is 2.08 bits per heavy atom. The number of benzene rings is 1. The minimum atomic E-state index is -3.84. The number of hydrogen-bond acceptors (Lipinski definition) is 6. The largest absolute Gasteiger partial charge is 0.497 e. The van der Waals surface area contributed by atoms with Crippen molar-refractivity contribution < 1.29 is 13.2 Å². The first-order valence-electron chi connectivity index (χ1n) is 8.32. The summed E-state index contributed by atoms with van der Waals surface area (Å²) in [5.74, 6) is 0.881. The van der Waals surface area contributed by atoms with Gasteiger partial charge in [-0.1, -0.05) is 32.1 Å². The van der Waals surface area contributed by atoms with Crippen molar-refractivity contribution in [3.05, 3.63) is 34.5 Å². The van der Waals surface area contributed by atoms with Crippen LogP contribution in [0.2, 0.25) is 0 Å². The Bertz CT molecular complexity index is 1050. The molecule has 0 saturated heterocycles. The molecule has 1 N–H and O–H groups in total. The molecular weight excluding hydrogens is 372 g/mol. The molecule has 0 fully saturated rings. The molecule has 0 spiro atoms. The molecule has 1 aromatic carbocycles. The molecule has 3 rings (SSSR count). The molecule has 0 saturated carbocycles. The van der Waals surface area contributed by atoms with Crippen LogP contribution in [0.4, 0.5) is 5.69 Å². The van der Waals surface area contributed by atoms with Crippen molar-refractivity contribution in [3.63, 3.8) is 0 Å². The molecule has 140 valence electrons. The van der Waals surface area contributed by atoms with Crippen LogP contribution in [-0.2, 0) is 16.4 Å². The third-order valence-electron chi connectivity index (χ3n) is 4.01. The number of hydrogen-bond donors (Lipinski definition) is 1. The zero-order valence-corrected chi connectivity index (χ0v) is 17.0. The molecule has 0 aliphatic heterocycles. The Balaban J connectivity index is 2.08. The Hall–Kier alpha value is -2.13. The molecular formula is C17H22N4O3S2. The zero-order valence-electron chi connectivity index (χ0n) is 15.4. The lowest BCUT2D eigenvalue weighted by Crippen LogP contribution is -2.18. The van der Waals surface area contributed by atoms with Gasteiger partial charge in [0.05, 0.1) is 18.5 Å². The van der Waals surface area contributed by atoms with Gasteiger partial charge in [0.15, 0.2) is 0 Å². The van der Waals surface area contributed by atoms with E-state index in [1.54, 1.807) is 25.3 Å². The van der Waals surface area contributed by atoms with Crippen LogP contribution in [0.15, 0.2) is 23.2 Å². The number of rotatable bonds is 6. The Morgan fingerprint density at radius 3 is 2.65 bits per heavy atom. The van der Waals surface area contributed by atoms with E-state index in [-0.39, 0.29) is 10.9 Å². The molecule has 0 radical (unpaired) electrons. The van der Waals surface area contributed by atoms with Crippen molar-refractivity contribution in [1.29, 1.82) is 0 Å². The summed E-state index contributed by atoms with van der Waals surface area (Å²) in [6.07, 6.45) is 0.505. The minimum absolute atomic E-state index is 0.105. The number of anilines is 1. The topological polar surface area (TPSA) is 85.6 Å². The Kier molecular flexibility index (Phi) is 4.94. The first kappa shape index (κ1) is 18.7. The number of ether oxygens (including phenoxy) is 1. The van der Waals surface area contributed by atoms with Gasteiger partial charge in [-0.2, -0.15) is 18.0 Å². The van der Waals surface area contributed by atoms with Gasteiger partial charge in [0.2, 0.25) is 9.99 Å². The molecule has 3 aromatic rings.